The zero-order valence-electron chi connectivity index (χ0n) is 9.70. The van der Waals surface area contributed by atoms with E-state index >= 15 is 0 Å². The van der Waals surface area contributed by atoms with E-state index in [2.05, 4.69) is 25.7 Å². The van der Waals surface area contributed by atoms with Gasteiger partial charge in [0.05, 0.1) is 6.61 Å². The first kappa shape index (κ1) is 12.0. The van der Waals surface area contributed by atoms with E-state index in [1.54, 1.807) is 0 Å². The fourth-order valence-electron chi connectivity index (χ4n) is 2.02. The molecule has 1 aliphatic heterocycles. The SMILES string of the molecule is CCN(CC(N)C1CCOC1)C(C)C. The molecule has 1 saturated heterocycles. The highest BCUT2D eigenvalue weighted by atomic mass is 16.5. The van der Waals surface area contributed by atoms with Crippen LogP contribution in [0.25, 0.3) is 0 Å². The predicted octanol–water partition coefficient (Wildman–Crippen LogP) is 1.08. The van der Waals surface area contributed by atoms with Crippen molar-refractivity contribution in [3.63, 3.8) is 0 Å². The van der Waals surface area contributed by atoms with Crippen LogP contribution in [-0.2, 0) is 4.74 Å². The Morgan fingerprint density at radius 3 is 2.64 bits per heavy atom. The van der Waals surface area contributed by atoms with Crippen LogP contribution in [-0.4, -0.2) is 43.3 Å². The summed E-state index contributed by atoms with van der Waals surface area (Å²) in [7, 11) is 0. The molecule has 1 fully saturated rings. The minimum Gasteiger partial charge on any atom is -0.381 e. The molecule has 0 aromatic heterocycles. The van der Waals surface area contributed by atoms with Gasteiger partial charge in [-0.15, -0.1) is 0 Å². The van der Waals surface area contributed by atoms with Crippen molar-refractivity contribution in [2.24, 2.45) is 11.7 Å². The van der Waals surface area contributed by atoms with Gasteiger partial charge in [-0.3, -0.25) is 4.90 Å². The Labute approximate surface area is 87.6 Å². The minimum absolute atomic E-state index is 0.278. The molecule has 0 aromatic carbocycles. The molecule has 0 spiro atoms. The second-order valence-electron chi connectivity index (χ2n) is 4.47. The van der Waals surface area contributed by atoms with E-state index in [-0.39, 0.29) is 6.04 Å². The lowest BCUT2D eigenvalue weighted by atomic mass is 9.99. The van der Waals surface area contributed by atoms with Gasteiger partial charge in [-0.1, -0.05) is 6.92 Å². The monoisotopic (exact) mass is 200 g/mol. The minimum atomic E-state index is 0.278. The summed E-state index contributed by atoms with van der Waals surface area (Å²) in [5.74, 6) is 0.572. The van der Waals surface area contributed by atoms with Gasteiger partial charge in [0.15, 0.2) is 0 Å². The Balaban J connectivity index is 2.33. The van der Waals surface area contributed by atoms with Gasteiger partial charge in [0, 0.05) is 31.2 Å². The fraction of sp³-hybridized carbons (Fsp3) is 1.00. The Morgan fingerprint density at radius 2 is 2.21 bits per heavy atom. The molecule has 0 saturated carbocycles. The van der Waals surface area contributed by atoms with E-state index in [9.17, 15) is 0 Å². The summed E-state index contributed by atoms with van der Waals surface area (Å²) >= 11 is 0. The first-order valence-corrected chi connectivity index (χ1v) is 5.72. The maximum absolute atomic E-state index is 6.17. The van der Waals surface area contributed by atoms with Crippen molar-refractivity contribution >= 4 is 0 Å². The number of likely N-dealkylation sites (N-methyl/N-ethyl adjacent to an activating group) is 1. The summed E-state index contributed by atoms with van der Waals surface area (Å²) in [5.41, 5.74) is 6.17. The van der Waals surface area contributed by atoms with E-state index in [4.69, 9.17) is 10.5 Å². The quantitative estimate of drug-likeness (QED) is 0.722. The van der Waals surface area contributed by atoms with Crippen LogP contribution in [0.4, 0.5) is 0 Å². The van der Waals surface area contributed by atoms with Crippen LogP contribution in [0.15, 0.2) is 0 Å². The van der Waals surface area contributed by atoms with Gasteiger partial charge >= 0.3 is 0 Å². The summed E-state index contributed by atoms with van der Waals surface area (Å²) in [6, 6.07) is 0.869. The van der Waals surface area contributed by atoms with Crippen molar-refractivity contribution in [1.82, 2.24) is 4.90 Å². The maximum Gasteiger partial charge on any atom is 0.0510 e. The first-order valence-electron chi connectivity index (χ1n) is 5.72. The molecule has 0 bridgehead atoms. The van der Waals surface area contributed by atoms with Crippen LogP contribution >= 0.6 is 0 Å². The third-order valence-electron chi connectivity index (χ3n) is 3.15. The van der Waals surface area contributed by atoms with Crippen molar-refractivity contribution in [2.75, 3.05) is 26.3 Å². The van der Waals surface area contributed by atoms with Crippen LogP contribution in [0, 0.1) is 5.92 Å². The van der Waals surface area contributed by atoms with E-state index in [0.29, 0.717) is 12.0 Å². The maximum atomic E-state index is 6.17. The lowest BCUT2D eigenvalue weighted by Crippen LogP contribution is -2.45. The molecule has 2 atom stereocenters. The van der Waals surface area contributed by atoms with Gasteiger partial charge in [0.2, 0.25) is 0 Å². The van der Waals surface area contributed by atoms with Crippen LogP contribution in [0.3, 0.4) is 0 Å². The number of nitrogens with zero attached hydrogens (tertiary/aromatic N) is 1. The third-order valence-corrected chi connectivity index (χ3v) is 3.15. The van der Waals surface area contributed by atoms with Gasteiger partial charge in [-0.25, -0.2) is 0 Å². The van der Waals surface area contributed by atoms with Gasteiger partial charge in [0.25, 0.3) is 0 Å². The number of hydrogen-bond acceptors (Lipinski definition) is 3. The van der Waals surface area contributed by atoms with E-state index in [1.165, 1.54) is 0 Å². The van der Waals surface area contributed by atoms with Crippen molar-refractivity contribution in [3.05, 3.63) is 0 Å². The highest BCUT2D eigenvalue weighted by Crippen LogP contribution is 2.16. The van der Waals surface area contributed by atoms with Crippen molar-refractivity contribution in [2.45, 2.75) is 39.3 Å². The second kappa shape index (κ2) is 5.69. The van der Waals surface area contributed by atoms with Gasteiger partial charge in [-0.05, 0) is 26.8 Å². The van der Waals surface area contributed by atoms with Crippen molar-refractivity contribution in [1.29, 1.82) is 0 Å². The standard InChI is InChI=1S/C11H24N2O/c1-4-13(9(2)3)7-11(12)10-5-6-14-8-10/h9-11H,4-8,12H2,1-3H3. The number of hydrogen-bond donors (Lipinski definition) is 1. The van der Waals surface area contributed by atoms with Crippen LogP contribution in [0.2, 0.25) is 0 Å². The summed E-state index contributed by atoms with van der Waals surface area (Å²) in [6.45, 7) is 10.5. The number of ether oxygens (including phenoxy) is 1. The largest absolute Gasteiger partial charge is 0.381 e. The Morgan fingerprint density at radius 1 is 1.50 bits per heavy atom. The summed E-state index contributed by atoms with van der Waals surface area (Å²) in [6.07, 6.45) is 1.14. The second-order valence-corrected chi connectivity index (χ2v) is 4.47. The molecule has 3 heteroatoms. The van der Waals surface area contributed by atoms with Gasteiger partial charge in [0.1, 0.15) is 0 Å². The van der Waals surface area contributed by atoms with Crippen molar-refractivity contribution in [3.8, 4) is 0 Å². The highest BCUT2D eigenvalue weighted by Gasteiger charge is 2.24. The third kappa shape index (κ3) is 3.23. The lowest BCUT2D eigenvalue weighted by molar-refractivity contribution is 0.162. The molecule has 0 amide bonds. The molecule has 0 aliphatic carbocycles. The van der Waals surface area contributed by atoms with Crippen LogP contribution in [0.1, 0.15) is 27.2 Å². The van der Waals surface area contributed by atoms with E-state index in [0.717, 1.165) is 32.7 Å². The van der Waals surface area contributed by atoms with Crippen molar-refractivity contribution < 1.29 is 4.74 Å². The van der Waals surface area contributed by atoms with E-state index < -0.39 is 0 Å². The lowest BCUT2D eigenvalue weighted by Gasteiger charge is -2.29. The molecule has 0 aromatic rings. The molecular weight excluding hydrogens is 176 g/mol. The zero-order valence-corrected chi connectivity index (χ0v) is 9.70. The smallest absolute Gasteiger partial charge is 0.0510 e. The predicted molar refractivity (Wildman–Crippen MR) is 59.3 cm³/mol. The van der Waals surface area contributed by atoms with Gasteiger partial charge in [-0.2, -0.15) is 0 Å². The molecule has 2 N–H and O–H groups in total. The first-order chi connectivity index (χ1) is 6.65. The molecular formula is C11H24N2O. The van der Waals surface area contributed by atoms with E-state index in [1.807, 2.05) is 0 Å². The zero-order chi connectivity index (χ0) is 10.6. The average molecular weight is 200 g/mol. The topological polar surface area (TPSA) is 38.5 Å². The van der Waals surface area contributed by atoms with Crippen LogP contribution in [0.5, 0.6) is 0 Å². The molecule has 2 unspecified atom stereocenters. The highest BCUT2D eigenvalue weighted by molar-refractivity contribution is 4.80. The number of rotatable bonds is 5. The summed E-state index contributed by atoms with van der Waals surface area (Å²) < 4.78 is 5.36. The van der Waals surface area contributed by atoms with Crippen LogP contribution < -0.4 is 5.73 Å². The fourth-order valence-corrected chi connectivity index (χ4v) is 2.02. The molecule has 3 nitrogen and oxygen atoms in total. The average Bonchev–Trinajstić information content (AvgIpc) is 2.65. The Bertz CT molecular complexity index is 155. The Hall–Kier alpha value is -0.120. The molecule has 14 heavy (non-hydrogen) atoms. The summed E-state index contributed by atoms with van der Waals surface area (Å²) in [4.78, 5) is 2.42. The number of nitrogens with two attached hydrogens (primary N) is 1. The van der Waals surface area contributed by atoms with Gasteiger partial charge < -0.3 is 10.5 Å². The Kier molecular flexibility index (Phi) is 4.85. The summed E-state index contributed by atoms with van der Waals surface area (Å²) in [5, 5.41) is 0. The molecule has 0 radical (unpaired) electrons. The normalized spacial score (nSPS) is 24.9. The molecule has 1 heterocycles. The molecule has 84 valence electrons. The molecule has 1 rings (SSSR count). The molecule has 1 aliphatic rings.